The summed E-state index contributed by atoms with van der Waals surface area (Å²) in [6, 6.07) is 15.4. The van der Waals surface area contributed by atoms with Gasteiger partial charge in [-0.1, -0.05) is 26.0 Å². The first kappa shape index (κ1) is 21.6. The Morgan fingerprint density at radius 1 is 1.13 bits per heavy atom. The molecule has 5 nitrogen and oxygen atoms in total. The van der Waals surface area contributed by atoms with Crippen LogP contribution in [0.3, 0.4) is 0 Å². The molecule has 0 aliphatic rings. The largest absolute Gasteiger partial charge is 0.497 e. The fourth-order valence-corrected chi connectivity index (χ4v) is 3.61. The summed E-state index contributed by atoms with van der Waals surface area (Å²) in [4.78, 5) is 16.8. The van der Waals surface area contributed by atoms with Crippen molar-refractivity contribution < 1.29 is 14.3 Å². The molecule has 0 unspecified atom stereocenters. The van der Waals surface area contributed by atoms with Crippen molar-refractivity contribution in [2.75, 3.05) is 12.4 Å². The van der Waals surface area contributed by atoms with Crippen LogP contribution < -0.4 is 14.8 Å². The van der Waals surface area contributed by atoms with Crippen molar-refractivity contribution in [2.24, 2.45) is 0 Å². The fourth-order valence-electron chi connectivity index (χ4n) is 2.88. The zero-order valence-corrected chi connectivity index (χ0v) is 18.2. The number of thiazole rings is 1. The minimum atomic E-state index is -0.225. The van der Waals surface area contributed by atoms with Gasteiger partial charge in [-0.2, -0.15) is 0 Å². The van der Waals surface area contributed by atoms with Gasteiger partial charge in [-0.15, -0.1) is 11.3 Å². The average Bonchev–Trinajstić information content (AvgIpc) is 3.24. The Bertz CT molecular complexity index is 992. The smallest absolute Gasteiger partial charge is 0.250 e. The van der Waals surface area contributed by atoms with Crippen molar-refractivity contribution in [1.29, 1.82) is 0 Å². The van der Waals surface area contributed by atoms with E-state index in [9.17, 15) is 4.79 Å². The second-order valence-electron chi connectivity index (χ2n) is 6.72. The Balaban J connectivity index is 1.60. The second kappa shape index (κ2) is 10.6. The number of hydrogen-bond acceptors (Lipinski definition) is 5. The molecule has 0 aliphatic carbocycles. The molecule has 0 fully saturated rings. The molecule has 1 aromatic heterocycles. The summed E-state index contributed by atoms with van der Waals surface area (Å²) < 4.78 is 11.1. The molecule has 1 amide bonds. The number of benzene rings is 2. The normalized spacial score (nSPS) is 11.1. The number of hydrogen-bond donors (Lipinski definition) is 1. The quantitative estimate of drug-likeness (QED) is 0.427. The molecule has 156 valence electrons. The third-order valence-corrected chi connectivity index (χ3v) is 5.38. The highest BCUT2D eigenvalue weighted by atomic mass is 32.1. The average molecular weight is 423 g/mol. The Kier molecular flexibility index (Phi) is 7.63. The number of carbonyl (C=O) groups is 1. The predicted octanol–water partition coefficient (Wildman–Crippen LogP) is 6.04. The Labute approximate surface area is 181 Å². The van der Waals surface area contributed by atoms with Crippen molar-refractivity contribution in [1.82, 2.24) is 4.98 Å². The van der Waals surface area contributed by atoms with Crippen molar-refractivity contribution >= 4 is 28.5 Å². The number of anilines is 1. The standard InChI is InChI=1S/C24H26N2O3S/c1-4-19(5-2)29-21-8-6-7-17(15-21)9-14-23(27)26-24-25-22(16-30-24)18-10-12-20(28-3)13-11-18/h6-16,19H,4-5H2,1-3H3,(H,25,26,27)/b14-9+. The Morgan fingerprint density at radius 3 is 2.60 bits per heavy atom. The number of aromatic nitrogens is 1. The van der Waals surface area contributed by atoms with Crippen LogP contribution in [0.1, 0.15) is 32.3 Å². The van der Waals surface area contributed by atoms with Crippen molar-refractivity contribution in [3.8, 4) is 22.8 Å². The van der Waals surface area contributed by atoms with Gasteiger partial charge in [0.25, 0.3) is 0 Å². The van der Waals surface area contributed by atoms with Gasteiger partial charge < -0.3 is 9.47 Å². The van der Waals surface area contributed by atoms with E-state index in [2.05, 4.69) is 24.1 Å². The highest BCUT2D eigenvalue weighted by molar-refractivity contribution is 7.14. The van der Waals surface area contributed by atoms with Crippen LogP contribution in [0.15, 0.2) is 60.0 Å². The number of amides is 1. The lowest BCUT2D eigenvalue weighted by Crippen LogP contribution is -2.13. The lowest BCUT2D eigenvalue weighted by Gasteiger charge is -2.15. The third-order valence-electron chi connectivity index (χ3n) is 4.62. The van der Waals surface area contributed by atoms with Gasteiger partial charge >= 0.3 is 0 Å². The molecule has 1 N–H and O–H groups in total. The van der Waals surface area contributed by atoms with E-state index in [-0.39, 0.29) is 12.0 Å². The van der Waals surface area contributed by atoms with Crippen LogP contribution in [0.2, 0.25) is 0 Å². The number of rotatable bonds is 9. The molecular weight excluding hydrogens is 396 g/mol. The van der Waals surface area contributed by atoms with E-state index in [1.165, 1.54) is 17.4 Å². The topological polar surface area (TPSA) is 60.5 Å². The van der Waals surface area contributed by atoms with Crippen molar-refractivity contribution in [3.05, 3.63) is 65.6 Å². The molecular formula is C24H26N2O3S. The van der Waals surface area contributed by atoms with Gasteiger partial charge in [-0.25, -0.2) is 4.98 Å². The first-order chi connectivity index (χ1) is 14.6. The molecule has 0 bridgehead atoms. The van der Waals surface area contributed by atoms with Crippen LogP contribution in [0.25, 0.3) is 17.3 Å². The molecule has 0 atom stereocenters. The van der Waals surface area contributed by atoms with E-state index in [0.717, 1.165) is 41.2 Å². The van der Waals surface area contributed by atoms with Crippen LogP contribution in [-0.2, 0) is 4.79 Å². The Morgan fingerprint density at radius 2 is 1.90 bits per heavy atom. The minimum absolute atomic E-state index is 0.206. The summed E-state index contributed by atoms with van der Waals surface area (Å²) in [5, 5.41) is 5.29. The molecule has 0 saturated heterocycles. The Hall–Kier alpha value is -3.12. The van der Waals surface area contributed by atoms with Crippen LogP contribution >= 0.6 is 11.3 Å². The lowest BCUT2D eigenvalue weighted by molar-refractivity contribution is -0.111. The molecule has 1 heterocycles. The van der Waals surface area contributed by atoms with E-state index >= 15 is 0 Å². The maximum atomic E-state index is 12.3. The highest BCUT2D eigenvalue weighted by Gasteiger charge is 2.08. The minimum Gasteiger partial charge on any atom is -0.497 e. The van der Waals surface area contributed by atoms with Crippen molar-refractivity contribution in [2.45, 2.75) is 32.8 Å². The van der Waals surface area contributed by atoms with Crippen LogP contribution in [0.5, 0.6) is 11.5 Å². The van der Waals surface area contributed by atoms with Gasteiger partial charge in [0.2, 0.25) is 5.91 Å². The highest BCUT2D eigenvalue weighted by Crippen LogP contribution is 2.26. The summed E-state index contributed by atoms with van der Waals surface area (Å²) in [5.41, 5.74) is 2.69. The molecule has 0 spiro atoms. The molecule has 3 aromatic rings. The van der Waals surface area contributed by atoms with Crippen molar-refractivity contribution in [3.63, 3.8) is 0 Å². The summed E-state index contributed by atoms with van der Waals surface area (Å²) in [7, 11) is 1.63. The second-order valence-corrected chi connectivity index (χ2v) is 7.58. The predicted molar refractivity (Wildman–Crippen MR) is 123 cm³/mol. The summed E-state index contributed by atoms with van der Waals surface area (Å²) in [6.45, 7) is 4.22. The first-order valence-corrected chi connectivity index (χ1v) is 10.8. The van der Waals surface area contributed by atoms with Gasteiger partial charge in [0.1, 0.15) is 11.5 Å². The van der Waals surface area contributed by atoms with Crippen LogP contribution in [-0.4, -0.2) is 24.1 Å². The van der Waals surface area contributed by atoms with Crippen LogP contribution in [0, 0.1) is 0 Å². The van der Waals surface area contributed by atoms with Gasteiger partial charge in [-0.3, -0.25) is 10.1 Å². The molecule has 0 saturated carbocycles. The summed E-state index contributed by atoms with van der Waals surface area (Å²) in [6.07, 6.45) is 5.41. The van der Waals surface area contributed by atoms with Gasteiger partial charge in [0.05, 0.1) is 18.9 Å². The summed E-state index contributed by atoms with van der Waals surface area (Å²) in [5.74, 6) is 1.38. The number of nitrogens with one attached hydrogen (secondary N) is 1. The zero-order valence-electron chi connectivity index (χ0n) is 17.4. The molecule has 3 rings (SSSR count). The maximum Gasteiger partial charge on any atom is 0.250 e. The van der Waals surface area contributed by atoms with Gasteiger partial charge in [0.15, 0.2) is 5.13 Å². The first-order valence-electron chi connectivity index (χ1n) is 9.97. The van der Waals surface area contributed by atoms with E-state index < -0.39 is 0 Å². The molecule has 6 heteroatoms. The van der Waals surface area contributed by atoms with Gasteiger partial charge in [0, 0.05) is 17.0 Å². The number of carbonyl (C=O) groups excluding carboxylic acids is 1. The van der Waals surface area contributed by atoms with E-state index in [1.807, 2.05) is 53.9 Å². The number of ether oxygens (including phenoxy) is 2. The molecule has 0 aliphatic heterocycles. The molecule has 30 heavy (non-hydrogen) atoms. The van der Waals surface area contributed by atoms with E-state index in [4.69, 9.17) is 9.47 Å². The fraction of sp³-hybridized carbons (Fsp3) is 0.250. The lowest BCUT2D eigenvalue weighted by atomic mass is 10.2. The third kappa shape index (κ3) is 5.94. The number of nitrogens with zero attached hydrogens (tertiary/aromatic N) is 1. The SMILES string of the molecule is CCC(CC)Oc1cccc(/C=C/C(=O)Nc2nc(-c3ccc(OC)cc3)cs2)c1. The molecule has 2 aromatic carbocycles. The molecule has 0 radical (unpaired) electrons. The number of methoxy groups -OCH3 is 1. The summed E-state index contributed by atoms with van der Waals surface area (Å²) >= 11 is 1.39. The zero-order chi connectivity index (χ0) is 21.3. The van der Waals surface area contributed by atoms with E-state index in [1.54, 1.807) is 13.2 Å². The maximum absolute atomic E-state index is 12.3. The van der Waals surface area contributed by atoms with Gasteiger partial charge in [-0.05, 0) is 60.9 Å². The monoisotopic (exact) mass is 422 g/mol. The van der Waals surface area contributed by atoms with E-state index in [0.29, 0.717) is 5.13 Å². The van der Waals surface area contributed by atoms with Crippen LogP contribution in [0.4, 0.5) is 5.13 Å².